The van der Waals surface area contributed by atoms with Crippen LogP contribution in [0.3, 0.4) is 0 Å². The van der Waals surface area contributed by atoms with Crippen molar-refractivity contribution in [3.63, 3.8) is 0 Å². The lowest BCUT2D eigenvalue weighted by atomic mass is 9.45. The Balaban J connectivity index is 1.58. The van der Waals surface area contributed by atoms with Crippen molar-refractivity contribution in [1.82, 2.24) is 0 Å². The number of rotatable bonds is 2. The van der Waals surface area contributed by atoms with Crippen LogP contribution in [0.25, 0.3) is 0 Å². The first kappa shape index (κ1) is 18.2. The van der Waals surface area contributed by atoms with Gasteiger partial charge in [-0.05, 0) is 92.3 Å². The van der Waals surface area contributed by atoms with Crippen LogP contribution >= 0.6 is 0 Å². The third-order valence-electron chi connectivity index (χ3n) is 8.79. The molecule has 8 atom stereocenters. The van der Waals surface area contributed by atoms with E-state index in [4.69, 9.17) is 4.18 Å². The quantitative estimate of drug-likeness (QED) is 0.595. The molecule has 4 aliphatic rings. The fourth-order valence-electron chi connectivity index (χ4n) is 7.49. The predicted octanol–water partition coefficient (Wildman–Crippen LogP) is 3.24. The van der Waals surface area contributed by atoms with Crippen molar-refractivity contribution in [1.29, 1.82) is 0 Å². The summed E-state index contributed by atoms with van der Waals surface area (Å²) in [5, 5.41) is 10.1. The molecule has 0 amide bonds. The smallest absolute Gasteiger partial charge is 0.217 e. The van der Waals surface area contributed by atoms with E-state index in [9.17, 15) is 18.1 Å². The van der Waals surface area contributed by atoms with Gasteiger partial charge in [-0.3, -0.25) is 4.18 Å². The summed E-state index contributed by atoms with van der Waals surface area (Å²) in [6.45, 7) is 4.59. The van der Waals surface area contributed by atoms with Gasteiger partial charge in [0, 0.05) is 0 Å². The largest absolute Gasteiger partial charge is 0.726 e. The molecule has 4 rings (SSSR count). The molecule has 0 aromatic carbocycles. The van der Waals surface area contributed by atoms with E-state index < -0.39 is 16.5 Å². The monoisotopic (exact) mass is 371 g/mol. The minimum atomic E-state index is -4.64. The van der Waals surface area contributed by atoms with Gasteiger partial charge in [-0.15, -0.1) is 0 Å². The van der Waals surface area contributed by atoms with Crippen LogP contribution in [0.15, 0.2) is 0 Å². The molecule has 0 unspecified atom stereocenters. The van der Waals surface area contributed by atoms with E-state index in [1.165, 1.54) is 12.8 Å². The molecule has 0 saturated heterocycles. The van der Waals surface area contributed by atoms with E-state index in [-0.39, 0.29) is 11.5 Å². The van der Waals surface area contributed by atoms with Crippen LogP contribution in [0.1, 0.15) is 71.6 Å². The van der Waals surface area contributed by atoms with E-state index in [1.807, 2.05) is 0 Å². The summed E-state index contributed by atoms with van der Waals surface area (Å²) >= 11 is 0. The Morgan fingerprint density at radius 2 is 1.64 bits per heavy atom. The van der Waals surface area contributed by atoms with Gasteiger partial charge in [-0.1, -0.05) is 13.8 Å². The molecule has 6 heteroatoms. The molecule has 1 N–H and O–H groups in total. The molecular weight excluding hydrogens is 340 g/mol. The molecule has 0 bridgehead atoms. The first-order valence-corrected chi connectivity index (χ1v) is 11.3. The average molecular weight is 372 g/mol. The Kier molecular flexibility index (Phi) is 4.31. The second-order valence-corrected chi connectivity index (χ2v) is 10.7. The summed E-state index contributed by atoms with van der Waals surface area (Å²) in [5.41, 5.74) is 0.128. The van der Waals surface area contributed by atoms with Crippen LogP contribution in [0.2, 0.25) is 0 Å². The molecule has 0 spiro atoms. The fraction of sp³-hybridized carbons (Fsp3) is 1.00. The molecule has 0 aromatic heterocycles. The number of fused-ring (bicyclic) bond motifs is 5. The van der Waals surface area contributed by atoms with E-state index in [0.29, 0.717) is 35.5 Å². The maximum absolute atomic E-state index is 11.2. The van der Waals surface area contributed by atoms with Crippen molar-refractivity contribution in [3.8, 4) is 0 Å². The molecule has 4 saturated carbocycles. The number of hydrogen-bond donors (Lipinski definition) is 1. The summed E-state index contributed by atoms with van der Waals surface area (Å²) in [6, 6.07) is 0. The minimum absolute atomic E-state index is 0.130. The highest BCUT2D eigenvalue weighted by Gasteiger charge is 2.60. The van der Waals surface area contributed by atoms with Crippen molar-refractivity contribution in [3.05, 3.63) is 0 Å². The normalized spacial score (nSPS) is 53.0. The first-order chi connectivity index (χ1) is 11.6. The molecule has 0 radical (unpaired) electrons. The Bertz CT molecular complexity index is 634. The van der Waals surface area contributed by atoms with Gasteiger partial charge in [0.2, 0.25) is 10.4 Å². The Morgan fingerprint density at radius 3 is 2.36 bits per heavy atom. The molecule has 25 heavy (non-hydrogen) atoms. The van der Waals surface area contributed by atoms with Crippen molar-refractivity contribution in [2.75, 3.05) is 0 Å². The van der Waals surface area contributed by atoms with E-state index >= 15 is 0 Å². The lowest BCUT2D eigenvalue weighted by Crippen LogP contribution is -2.54. The summed E-state index contributed by atoms with van der Waals surface area (Å²) in [7, 11) is -4.64. The summed E-state index contributed by atoms with van der Waals surface area (Å²) in [5.74, 6) is 2.36. The topological polar surface area (TPSA) is 86.7 Å². The molecule has 0 aliphatic heterocycles. The molecule has 0 aromatic rings. The van der Waals surface area contributed by atoms with Crippen molar-refractivity contribution >= 4 is 10.4 Å². The maximum atomic E-state index is 11.2. The molecule has 0 heterocycles. The highest BCUT2D eigenvalue weighted by atomic mass is 32.3. The SMILES string of the molecule is C[C@]12CC[C@@H](O)C[C@@H]1CC[C@@H]1[C@@H]2CC[C@]2(C)[C@@H](OS(=O)(=O)[O-])CC[C@@H]12. The molecule has 5 nitrogen and oxygen atoms in total. The summed E-state index contributed by atoms with van der Waals surface area (Å²) in [6.07, 6.45) is 8.45. The van der Waals surface area contributed by atoms with Crippen LogP contribution in [-0.2, 0) is 14.6 Å². The van der Waals surface area contributed by atoms with Gasteiger partial charge in [0.05, 0.1) is 12.2 Å². The zero-order valence-electron chi connectivity index (χ0n) is 15.3. The van der Waals surface area contributed by atoms with Crippen LogP contribution in [0.5, 0.6) is 0 Å². The standard InChI is InChI=1S/C19H32O5S/c1-18-9-7-13(20)11-12(18)3-4-14-15-5-6-17(24-25(21,22)23)19(15,2)10-8-16(14)18/h12-17,20H,3-11H2,1-2H3,(H,21,22,23)/p-1/t12-,13+,14-,15-,16-,17-,18-,19-/m0/s1. The summed E-state index contributed by atoms with van der Waals surface area (Å²) < 4.78 is 38.4. The van der Waals surface area contributed by atoms with Crippen LogP contribution < -0.4 is 0 Å². The molecule has 4 aliphatic carbocycles. The molecule has 4 fully saturated rings. The number of hydrogen-bond acceptors (Lipinski definition) is 5. The van der Waals surface area contributed by atoms with Gasteiger partial charge < -0.3 is 9.66 Å². The second-order valence-electron chi connectivity index (χ2n) is 9.70. The van der Waals surface area contributed by atoms with Crippen LogP contribution in [0.4, 0.5) is 0 Å². The first-order valence-electron chi connectivity index (χ1n) is 9.96. The third kappa shape index (κ3) is 2.88. The molecule has 144 valence electrons. The van der Waals surface area contributed by atoms with Crippen LogP contribution in [0, 0.1) is 34.5 Å². The lowest BCUT2D eigenvalue weighted by Gasteiger charge is -2.60. The van der Waals surface area contributed by atoms with Gasteiger partial charge >= 0.3 is 0 Å². The number of aliphatic hydroxyl groups is 1. The van der Waals surface area contributed by atoms with E-state index in [1.54, 1.807) is 0 Å². The van der Waals surface area contributed by atoms with Gasteiger partial charge in [0.1, 0.15) is 0 Å². The zero-order chi connectivity index (χ0) is 18.0. The van der Waals surface area contributed by atoms with Gasteiger partial charge in [0.15, 0.2) is 0 Å². The van der Waals surface area contributed by atoms with E-state index in [2.05, 4.69) is 13.8 Å². The van der Waals surface area contributed by atoms with Crippen LogP contribution in [-0.4, -0.2) is 30.3 Å². The van der Waals surface area contributed by atoms with Crippen molar-refractivity contribution < 1.29 is 22.3 Å². The Labute approximate surface area is 151 Å². The van der Waals surface area contributed by atoms with Gasteiger partial charge in [-0.2, -0.15) is 0 Å². The van der Waals surface area contributed by atoms with Crippen molar-refractivity contribution in [2.45, 2.75) is 83.8 Å². The second kappa shape index (κ2) is 5.91. The Morgan fingerprint density at radius 1 is 0.960 bits per heavy atom. The van der Waals surface area contributed by atoms with Gasteiger partial charge in [0.25, 0.3) is 0 Å². The lowest BCUT2D eigenvalue weighted by molar-refractivity contribution is -0.131. The zero-order valence-corrected chi connectivity index (χ0v) is 16.1. The molecular formula is C19H31O5S-. The third-order valence-corrected chi connectivity index (χ3v) is 9.25. The Hall–Kier alpha value is -0.170. The van der Waals surface area contributed by atoms with Crippen molar-refractivity contribution in [2.24, 2.45) is 34.5 Å². The minimum Gasteiger partial charge on any atom is -0.726 e. The van der Waals surface area contributed by atoms with Gasteiger partial charge in [-0.25, -0.2) is 8.42 Å². The number of aliphatic hydroxyl groups excluding tert-OH is 1. The average Bonchev–Trinajstić information content (AvgIpc) is 2.83. The predicted molar refractivity (Wildman–Crippen MR) is 92.3 cm³/mol. The highest BCUT2D eigenvalue weighted by Crippen LogP contribution is 2.66. The van der Waals surface area contributed by atoms with E-state index in [0.717, 1.165) is 38.5 Å². The summed E-state index contributed by atoms with van der Waals surface area (Å²) in [4.78, 5) is 0. The maximum Gasteiger partial charge on any atom is 0.217 e. The highest BCUT2D eigenvalue weighted by molar-refractivity contribution is 7.80. The fourth-order valence-corrected chi connectivity index (χ4v) is 8.09.